The SMILES string of the molecule is N#CCC/N=C/c1ccccc1. The Morgan fingerprint density at radius 3 is 2.75 bits per heavy atom. The van der Waals surface area contributed by atoms with E-state index in [0.717, 1.165) is 5.56 Å². The number of nitrogens with zero attached hydrogens (tertiary/aromatic N) is 2. The lowest BCUT2D eigenvalue weighted by atomic mass is 10.2. The first kappa shape index (κ1) is 8.48. The zero-order valence-electron chi connectivity index (χ0n) is 6.77. The molecule has 0 heterocycles. The Morgan fingerprint density at radius 1 is 1.33 bits per heavy atom. The Bertz CT molecular complexity index is 282. The predicted octanol–water partition coefficient (Wildman–Crippen LogP) is 2.02. The Morgan fingerprint density at radius 2 is 2.08 bits per heavy atom. The van der Waals surface area contributed by atoms with Crippen molar-refractivity contribution in [3.63, 3.8) is 0 Å². The molecule has 0 radical (unpaired) electrons. The normalized spacial score (nSPS) is 9.92. The van der Waals surface area contributed by atoms with Crippen LogP contribution in [0.15, 0.2) is 35.3 Å². The predicted molar refractivity (Wildman–Crippen MR) is 49.1 cm³/mol. The average Bonchev–Trinajstić information content (AvgIpc) is 2.14. The first-order valence-electron chi connectivity index (χ1n) is 3.85. The van der Waals surface area contributed by atoms with E-state index in [2.05, 4.69) is 4.99 Å². The van der Waals surface area contributed by atoms with E-state index in [9.17, 15) is 0 Å². The maximum Gasteiger partial charge on any atom is 0.0641 e. The van der Waals surface area contributed by atoms with Gasteiger partial charge in [0.15, 0.2) is 0 Å². The molecule has 0 aliphatic heterocycles. The molecule has 12 heavy (non-hydrogen) atoms. The third kappa shape index (κ3) is 2.98. The highest BCUT2D eigenvalue weighted by Gasteiger charge is 1.82. The average molecular weight is 158 g/mol. The molecule has 0 spiro atoms. The van der Waals surface area contributed by atoms with Crippen LogP contribution in [0.5, 0.6) is 0 Å². The van der Waals surface area contributed by atoms with Crippen LogP contribution in [0.3, 0.4) is 0 Å². The van der Waals surface area contributed by atoms with E-state index in [-0.39, 0.29) is 0 Å². The number of nitriles is 1. The van der Waals surface area contributed by atoms with Gasteiger partial charge in [0.05, 0.1) is 19.0 Å². The summed E-state index contributed by atoms with van der Waals surface area (Å²) in [5, 5.41) is 8.24. The lowest BCUT2D eigenvalue weighted by Crippen LogP contribution is -1.82. The van der Waals surface area contributed by atoms with Crippen LogP contribution in [0, 0.1) is 11.3 Å². The minimum Gasteiger partial charge on any atom is -0.291 e. The second-order valence-electron chi connectivity index (χ2n) is 2.35. The number of aliphatic imine (C=N–C) groups is 1. The first-order valence-corrected chi connectivity index (χ1v) is 3.85. The minimum absolute atomic E-state index is 0.489. The maximum atomic E-state index is 8.24. The van der Waals surface area contributed by atoms with Crippen molar-refractivity contribution < 1.29 is 0 Å². The van der Waals surface area contributed by atoms with E-state index < -0.39 is 0 Å². The molecule has 2 heteroatoms. The Labute approximate surface area is 72.2 Å². The third-order valence-electron chi connectivity index (χ3n) is 1.39. The second-order valence-corrected chi connectivity index (χ2v) is 2.35. The van der Waals surface area contributed by atoms with Gasteiger partial charge in [-0.1, -0.05) is 30.3 Å². The van der Waals surface area contributed by atoms with E-state index in [0.29, 0.717) is 13.0 Å². The summed E-state index contributed by atoms with van der Waals surface area (Å²) in [5.41, 5.74) is 1.08. The van der Waals surface area contributed by atoms with Crippen molar-refractivity contribution in [2.45, 2.75) is 6.42 Å². The van der Waals surface area contributed by atoms with Gasteiger partial charge in [0.25, 0.3) is 0 Å². The molecule has 0 bridgehead atoms. The molecule has 0 N–H and O–H groups in total. The van der Waals surface area contributed by atoms with E-state index in [4.69, 9.17) is 5.26 Å². The molecule has 1 rings (SSSR count). The number of hydrogen-bond donors (Lipinski definition) is 0. The molecule has 2 nitrogen and oxygen atoms in total. The van der Waals surface area contributed by atoms with E-state index >= 15 is 0 Å². The highest BCUT2D eigenvalue weighted by Crippen LogP contribution is 1.93. The van der Waals surface area contributed by atoms with Crippen LogP contribution in [-0.2, 0) is 0 Å². The number of rotatable bonds is 3. The molecule has 0 fully saturated rings. The molecule has 0 aliphatic carbocycles. The second kappa shape index (κ2) is 5.09. The molecular formula is C10H10N2. The van der Waals surface area contributed by atoms with E-state index in [1.807, 2.05) is 36.4 Å². The maximum absolute atomic E-state index is 8.24. The molecule has 0 atom stereocenters. The molecule has 0 saturated carbocycles. The number of hydrogen-bond acceptors (Lipinski definition) is 2. The molecule has 1 aromatic rings. The molecule has 0 amide bonds. The Kier molecular flexibility index (Phi) is 3.59. The van der Waals surface area contributed by atoms with Gasteiger partial charge in [-0.2, -0.15) is 5.26 Å². The van der Waals surface area contributed by atoms with Crippen LogP contribution in [0.25, 0.3) is 0 Å². The quantitative estimate of drug-likeness (QED) is 0.489. The lowest BCUT2D eigenvalue weighted by molar-refractivity contribution is 1.02. The molecule has 60 valence electrons. The fourth-order valence-electron chi connectivity index (χ4n) is 0.824. The standard InChI is InChI=1S/C10H10N2/c11-7-4-8-12-9-10-5-2-1-3-6-10/h1-3,5-6,9H,4,8H2/b12-9+. The third-order valence-corrected chi connectivity index (χ3v) is 1.39. The van der Waals surface area contributed by atoms with Crippen LogP contribution < -0.4 is 0 Å². The van der Waals surface area contributed by atoms with E-state index in [1.54, 1.807) is 6.21 Å². The summed E-state index contributed by atoms with van der Waals surface area (Å²) in [7, 11) is 0. The van der Waals surface area contributed by atoms with Crippen molar-refractivity contribution in [1.82, 2.24) is 0 Å². The van der Waals surface area contributed by atoms with Gasteiger partial charge in [-0.15, -0.1) is 0 Å². The summed E-state index contributed by atoms with van der Waals surface area (Å²) in [6.07, 6.45) is 2.28. The molecule has 0 aromatic heterocycles. The first-order chi connectivity index (χ1) is 5.93. The van der Waals surface area contributed by atoms with Crippen molar-refractivity contribution in [2.75, 3.05) is 6.54 Å². The molecule has 0 aliphatic rings. The Hall–Kier alpha value is -1.62. The van der Waals surface area contributed by atoms with Gasteiger partial charge >= 0.3 is 0 Å². The van der Waals surface area contributed by atoms with Crippen molar-refractivity contribution in [1.29, 1.82) is 5.26 Å². The summed E-state index contributed by atoms with van der Waals surface area (Å²) in [6.45, 7) is 0.589. The fourth-order valence-corrected chi connectivity index (χ4v) is 0.824. The van der Waals surface area contributed by atoms with Crippen LogP contribution in [-0.4, -0.2) is 12.8 Å². The summed E-state index contributed by atoms with van der Waals surface area (Å²) in [6, 6.07) is 11.9. The lowest BCUT2D eigenvalue weighted by Gasteiger charge is -1.89. The van der Waals surface area contributed by atoms with Crippen LogP contribution in [0.1, 0.15) is 12.0 Å². The van der Waals surface area contributed by atoms with Crippen LogP contribution in [0.4, 0.5) is 0 Å². The monoisotopic (exact) mass is 158 g/mol. The Balaban J connectivity index is 2.43. The highest BCUT2D eigenvalue weighted by atomic mass is 14.7. The summed E-state index contributed by atoms with van der Waals surface area (Å²) in [4.78, 5) is 4.08. The zero-order valence-corrected chi connectivity index (χ0v) is 6.77. The van der Waals surface area contributed by atoms with Gasteiger partial charge in [-0.3, -0.25) is 4.99 Å². The van der Waals surface area contributed by atoms with Gasteiger partial charge in [0.2, 0.25) is 0 Å². The molecule has 0 unspecified atom stereocenters. The summed E-state index contributed by atoms with van der Waals surface area (Å²) in [5.74, 6) is 0. The van der Waals surface area contributed by atoms with Gasteiger partial charge in [-0.25, -0.2) is 0 Å². The van der Waals surface area contributed by atoms with Gasteiger partial charge < -0.3 is 0 Å². The smallest absolute Gasteiger partial charge is 0.0641 e. The number of benzene rings is 1. The molecule has 0 saturated heterocycles. The molecule has 1 aromatic carbocycles. The highest BCUT2D eigenvalue weighted by molar-refractivity contribution is 5.79. The van der Waals surface area contributed by atoms with Gasteiger partial charge in [0.1, 0.15) is 0 Å². The van der Waals surface area contributed by atoms with Crippen LogP contribution >= 0.6 is 0 Å². The van der Waals surface area contributed by atoms with Crippen molar-refractivity contribution in [3.8, 4) is 6.07 Å². The van der Waals surface area contributed by atoms with Crippen molar-refractivity contribution in [3.05, 3.63) is 35.9 Å². The topological polar surface area (TPSA) is 36.1 Å². The zero-order chi connectivity index (χ0) is 8.65. The summed E-state index contributed by atoms with van der Waals surface area (Å²) >= 11 is 0. The van der Waals surface area contributed by atoms with E-state index in [1.165, 1.54) is 0 Å². The van der Waals surface area contributed by atoms with Crippen molar-refractivity contribution >= 4 is 6.21 Å². The van der Waals surface area contributed by atoms with Gasteiger partial charge in [-0.05, 0) is 5.56 Å². The van der Waals surface area contributed by atoms with Crippen molar-refractivity contribution in [2.24, 2.45) is 4.99 Å². The molecular weight excluding hydrogens is 148 g/mol. The fraction of sp³-hybridized carbons (Fsp3) is 0.200. The largest absolute Gasteiger partial charge is 0.291 e. The summed E-state index contributed by atoms with van der Waals surface area (Å²) < 4.78 is 0. The van der Waals surface area contributed by atoms with Gasteiger partial charge in [0, 0.05) is 6.21 Å². The van der Waals surface area contributed by atoms with Crippen LogP contribution in [0.2, 0.25) is 0 Å². The minimum atomic E-state index is 0.489.